The molecular formula is C7H6O2S. The van der Waals surface area contributed by atoms with Crippen molar-refractivity contribution in [3.05, 3.63) is 23.8 Å². The molecule has 0 heterocycles. The summed E-state index contributed by atoms with van der Waals surface area (Å²) in [6.45, 7) is 0. The lowest BCUT2D eigenvalue weighted by molar-refractivity contribution is -0.132. The minimum atomic E-state index is -0.883. The molecule has 0 spiro atoms. The number of carbonyl (C=O) groups is 1. The van der Waals surface area contributed by atoms with Crippen LogP contribution >= 0.6 is 12.2 Å². The van der Waals surface area contributed by atoms with Crippen LogP contribution in [0, 0.1) is 0 Å². The fourth-order valence-corrected chi connectivity index (χ4v) is 0.958. The maximum Gasteiger partial charge on any atom is 0.331 e. The monoisotopic (exact) mass is 154 g/mol. The number of hydrogen-bond donors (Lipinski definition) is 1. The lowest BCUT2D eigenvalue weighted by Gasteiger charge is -2.02. The van der Waals surface area contributed by atoms with E-state index in [9.17, 15) is 4.79 Å². The first kappa shape index (κ1) is 7.15. The zero-order valence-electron chi connectivity index (χ0n) is 5.20. The van der Waals surface area contributed by atoms with E-state index in [1.165, 1.54) is 0 Å². The molecule has 1 rings (SSSR count). The SMILES string of the molecule is O=C(O)C1=CC=CC(=S)C1. The van der Waals surface area contributed by atoms with Gasteiger partial charge in [-0.05, 0) is 6.08 Å². The Kier molecular flexibility index (Phi) is 1.97. The third-order valence-electron chi connectivity index (χ3n) is 1.22. The van der Waals surface area contributed by atoms with Gasteiger partial charge in [-0.2, -0.15) is 0 Å². The van der Waals surface area contributed by atoms with Crippen LogP contribution in [-0.2, 0) is 4.79 Å². The molecule has 0 radical (unpaired) electrons. The smallest absolute Gasteiger partial charge is 0.331 e. The van der Waals surface area contributed by atoms with Gasteiger partial charge in [-0.3, -0.25) is 0 Å². The molecule has 0 aromatic rings. The Morgan fingerprint density at radius 2 is 2.40 bits per heavy atom. The quantitative estimate of drug-likeness (QED) is 0.579. The minimum absolute atomic E-state index is 0.368. The highest BCUT2D eigenvalue weighted by Gasteiger charge is 2.09. The third-order valence-corrected chi connectivity index (χ3v) is 1.50. The van der Waals surface area contributed by atoms with Crippen molar-refractivity contribution in [2.75, 3.05) is 0 Å². The Bertz CT molecular complexity index is 238. The molecule has 0 aromatic heterocycles. The highest BCUT2D eigenvalue weighted by atomic mass is 32.1. The van der Waals surface area contributed by atoms with Crippen LogP contribution in [0.5, 0.6) is 0 Å². The van der Waals surface area contributed by atoms with Gasteiger partial charge in [0.15, 0.2) is 0 Å². The molecule has 0 aliphatic heterocycles. The van der Waals surface area contributed by atoms with E-state index in [1.807, 2.05) is 0 Å². The number of rotatable bonds is 1. The van der Waals surface area contributed by atoms with Gasteiger partial charge in [0, 0.05) is 16.9 Å². The Balaban J connectivity index is 2.80. The van der Waals surface area contributed by atoms with Crippen molar-refractivity contribution < 1.29 is 9.90 Å². The summed E-state index contributed by atoms with van der Waals surface area (Å²) in [4.78, 5) is 11.0. The highest BCUT2D eigenvalue weighted by Crippen LogP contribution is 2.09. The molecular weight excluding hydrogens is 148 g/mol. The fraction of sp³-hybridized carbons (Fsp3) is 0.143. The maximum absolute atomic E-state index is 10.3. The first-order valence-electron chi connectivity index (χ1n) is 2.83. The van der Waals surface area contributed by atoms with Crippen LogP contribution in [0.3, 0.4) is 0 Å². The van der Waals surface area contributed by atoms with Gasteiger partial charge in [0.1, 0.15) is 0 Å². The van der Waals surface area contributed by atoms with E-state index in [0.29, 0.717) is 16.9 Å². The summed E-state index contributed by atoms with van der Waals surface area (Å²) in [7, 11) is 0. The van der Waals surface area contributed by atoms with Gasteiger partial charge in [-0.1, -0.05) is 24.4 Å². The molecule has 1 aliphatic carbocycles. The summed E-state index contributed by atoms with van der Waals surface area (Å²) in [5, 5.41) is 8.49. The first-order chi connectivity index (χ1) is 4.70. The molecule has 10 heavy (non-hydrogen) atoms. The molecule has 0 saturated carbocycles. The summed E-state index contributed by atoms with van der Waals surface area (Å²) in [5.74, 6) is -0.883. The Hall–Kier alpha value is -0.960. The van der Waals surface area contributed by atoms with Gasteiger partial charge >= 0.3 is 5.97 Å². The zero-order valence-corrected chi connectivity index (χ0v) is 6.02. The van der Waals surface area contributed by atoms with Gasteiger partial charge in [0.05, 0.1) is 0 Å². The van der Waals surface area contributed by atoms with E-state index >= 15 is 0 Å². The second-order valence-corrected chi connectivity index (χ2v) is 2.52. The highest BCUT2D eigenvalue weighted by molar-refractivity contribution is 7.80. The van der Waals surface area contributed by atoms with Crippen LogP contribution in [0.4, 0.5) is 0 Å². The molecule has 3 heteroatoms. The number of aliphatic carboxylic acids is 1. The van der Waals surface area contributed by atoms with E-state index < -0.39 is 5.97 Å². The van der Waals surface area contributed by atoms with E-state index in [-0.39, 0.29) is 0 Å². The van der Waals surface area contributed by atoms with E-state index in [4.69, 9.17) is 17.3 Å². The van der Waals surface area contributed by atoms with Gasteiger partial charge in [-0.15, -0.1) is 0 Å². The van der Waals surface area contributed by atoms with Gasteiger partial charge in [0.25, 0.3) is 0 Å². The normalized spacial score (nSPS) is 16.8. The Labute approximate surface area is 63.9 Å². The van der Waals surface area contributed by atoms with Crippen molar-refractivity contribution in [3.63, 3.8) is 0 Å². The van der Waals surface area contributed by atoms with Crippen molar-refractivity contribution in [2.24, 2.45) is 0 Å². The first-order valence-corrected chi connectivity index (χ1v) is 3.24. The molecule has 0 aromatic carbocycles. The molecule has 52 valence electrons. The zero-order chi connectivity index (χ0) is 7.56. The van der Waals surface area contributed by atoms with Crippen molar-refractivity contribution in [1.82, 2.24) is 0 Å². The second-order valence-electron chi connectivity index (χ2n) is 2.00. The summed E-state index contributed by atoms with van der Waals surface area (Å²) < 4.78 is 0. The summed E-state index contributed by atoms with van der Waals surface area (Å²) in [6.07, 6.45) is 5.36. The van der Waals surface area contributed by atoms with Gasteiger partial charge < -0.3 is 5.11 Å². The topological polar surface area (TPSA) is 37.3 Å². The van der Waals surface area contributed by atoms with E-state index in [2.05, 4.69) is 0 Å². The number of carboxylic acid groups (broad SMARTS) is 1. The largest absolute Gasteiger partial charge is 0.478 e. The molecule has 1 aliphatic rings. The molecule has 0 fully saturated rings. The molecule has 1 N–H and O–H groups in total. The average Bonchev–Trinajstić information content (AvgIpc) is 1.88. The average molecular weight is 154 g/mol. The van der Waals surface area contributed by atoms with Crippen molar-refractivity contribution >= 4 is 23.1 Å². The van der Waals surface area contributed by atoms with Crippen molar-refractivity contribution in [3.8, 4) is 0 Å². The summed E-state index contributed by atoms with van der Waals surface area (Å²) in [5.41, 5.74) is 0.368. The molecule has 0 unspecified atom stereocenters. The third kappa shape index (κ3) is 1.51. The van der Waals surface area contributed by atoms with Gasteiger partial charge in [-0.25, -0.2) is 4.79 Å². The van der Waals surface area contributed by atoms with Crippen LogP contribution in [0.15, 0.2) is 23.8 Å². The molecule has 0 amide bonds. The van der Waals surface area contributed by atoms with Crippen molar-refractivity contribution in [2.45, 2.75) is 6.42 Å². The number of thiocarbonyl (C=S) groups is 1. The summed E-state index contributed by atoms with van der Waals surface area (Å²) in [6, 6.07) is 0. The number of hydrogen-bond acceptors (Lipinski definition) is 2. The van der Waals surface area contributed by atoms with Crippen LogP contribution in [0.1, 0.15) is 6.42 Å². The van der Waals surface area contributed by atoms with Crippen LogP contribution in [0.25, 0.3) is 0 Å². The minimum Gasteiger partial charge on any atom is -0.478 e. The van der Waals surface area contributed by atoms with Crippen LogP contribution in [-0.4, -0.2) is 15.9 Å². The van der Waals surface area contributed by atoms with E-state index in [1.54, 1.807) is 18.2 Å². The molecule has 0 saturated heterocycles. The fourth-order valence-electron chi connectivity index (χ4n) is 0.724. The predicted molar refractivity (Wildman–Crippen MR) is 42.1 cm³/mol. The number of allylic oxidation sites excluding steroid dienone is 3. The van der Waals surface area contributed by atoms with Crippen molar-refractivity contribution in [1.29, 1.82) is 0 Å². The maximum atomic E-state index is 10.3. The van der Waals surface area contributed by atoms with Crippen LogP contribution < -0.4 is 0 Å². The number of carboxylic acids is 1. The van der Waals surface area contributed by atoms with Gasteiger partial charge in [0.2, 0.25) is 0 Å². The Morgan fingerprint density at radius 3 is 2.80 bits per heavy atom. The molecule has 2 nitrogen and oxygen atoms in total. The van der Waals surface area contributed by atoms with E-state index in [0.717, 1.165) is 0 Å². The second kappa shape index (κ2) is 2.75. The summed E-state index contributed by atoms with van der Waals surface area (Å²) >= 11 is 4.81. The van der Waals surface area contributed by atoms with Crippen LogP contribution in [0.2, 0.25) is 0 Å². The molecule has 0 bridgehead atoms. The molecule has 0 atom stereocenters. The Morgan fingerprint density at radius 1 is 1.70 bits per heavy atom. The lowest BCUT2D eigenvalue weighted by atomic mass is 10.1. The lowest BCUT2D eigenvalue weighted by Crippen LogP contribution is -2.06. The predicted octanol–water partition coefficient (Wildman–Crippen LogP) is 1.33. The standard InChI is InChI=1S/C7H6O2S/c8-7(9)5-2-1-3-6(10)4-5/h1-3H,4H2,(H,8,9).